The van der Waals surface area contributed by atoms with Gasteiger partial charge in [0.25, 0.3) is 17.5 Å². The van der Waals surface area contributed by atoms with Crippen molar-refractivity contribution in [1.82, 2.24) is 15.5 Å². The van der Waals surface area contributed by atoms with Gasteiger partial charge >= 0.3 is 0 Å². The van der Waals surface area contributed by atoms with E-state index in [1.807, 2.05) is 31.2 Å². The third-order valence-corrected chi connectivity index (χ3v) is 5.59. The van der Waals surface area contributed by atoms with Crippen LogP contribution in [0, 0.1) is 13.8 Å². The number of hydrogen-bond acceptors (Lipinski definition) is 6. The molecule has 0 spiro atoms. The average Bonchev–Trinajstić information content (AvgIpc) is 3.19. The normalized spacial score (nSPS) is 10.9. The molecule has 34 heavy (non-hydrogen) atoms. The maximum Gasteiger partial charge on any atom is 0.259 e. The number of carbonyl (C=O) groups excluding carboxylic acids is 2. The maximum absolute atomic E-state index is 13.3. The highest BCUT2D eigenvalue weighted by Gasteiger charge is 2.20. The molecule has 0 aliphatic heterocycles. The number of fused-ring (bicyclic) bond motifs is 1. The Bertz CT molecular complexity index is 1370. The number of ether oxygens (including phenoxy) is 1. The zero-order valence-corrected chi connectivity index (χ0v) is 19.7. The molecule has 0 bridgehead atoms. The highest BCUT2D eigenvalue weighted by Crippen LogP contribution is 2.28. The predicted octanol–water partition coefficient (Wildman–Crippen LogP) is 4.79. The Hall–Kier alpha value is -3.75. The molecule has 0 radical (unpaired) electrons. The summed E-state index contributed by atoms with van der Waals surface area (Å²) in [7, 11) is 1.55. The van der Waals surface area contributed by atoms with Gasteiger partial charge in [-0.1, -0.05) is 46.6 Å². The van der Waals surface area contributed by atoms with E-state index in [2.05, 4.69) is 20.8 Å². The molecule has 2 N–H and O–H groups in total. The second-order valence-corrected chi connectivity index (χ2v) is 8.17. The fraction of sp³-hybridized carbons (Fsp3) is 0.200. The Morgan fingerprint density at radius 2 is 1.79 bits per heavy atom. The first kappa shape index (κ1) is 23.4. The molecule has 0 fully saturated rings. The summed E-state index contributed by atoms with van der Waals surface area (Å²) in [5.74, 6) is -0.695. The van der Waals surface area contributed by atoms with Crippen molar-refractivity contribution in [2.45, 2.75) is 13.8 Å². The lowest BCUT2D eigenvalue weighted by Crippen LogP contribution is -2.27. The number of rotatable bonds is 7. The number of nitrogens with one attached hydrogen (secondary N) is 2. The molecule has 0 atom stereocenters. The smallest absolute Gasteiger partial charge is 0.259 e. The second kappa shape index (κ2) is 10.0. The van der Waals surface area contributed by atoms with E-state index in [-0.39, 0.29) is 22.6 Å². The van der Waals surface area contributed by atoms with Crippen LogP contribution < -0.4 is 10.6 Å². The standard InChI is InChI=1S/C25H23ClN4O4/c1-14-4-6-16(7-5-14)21-13-19(22-15(2)30-34-25(22)29-21)24(32)28-17-8-9-18(20(26)12-17)23(31)27-10-11-33-3/h4-9,12-13H,10-11H2,1-3H3,(H,27,31)(H,28,32). The topological polar surface area (TPSA) is 106 Å². The number of pyridine rings is 1. The maximum atomic E-state index is 13.3. The molecule has 2 amide bonds. The monoisotopic (exact) mass is 478 g/mol. The van der Waals surface area contributed by atoms with E-state index in [0.29, 0.717) is 46.7 Å². The summed E-state index contributed by atoms with van der Waals surface area (Å²) >= 11 is 6.31. The van der Waals surface area contributed by atoms with Gasteiger partial charge in [0, 0.05) is 24.9 Å². The van der Waals surface area contributed by atoms with Gasteiger partial charge in [0.1, 0.15) is 0 Å². The third-order valence-electron chi connectivity index (χ3n) is 5.27. The van der Waals surface area contributed by atoms with Gasteiger partial charge in [-0.25, -0.2) is 4.98 Å². The Labute approximate surface area is 201 Å². The number of amides is 2. The van der Waals surface area contributed by atoms with E-state index in [0.717, 1.165) is 11.1 Å². The molecule has 9 heteroatoms. The highest BCUT2D eigenvalue weighted by molar-refractivity contribution is 6.34. The number of methoxy groups -OCH3 is 1. The van der Waals surface area contributed by atoms with Gasteiger partial charge in [-0.05, 0) is 38.1 Å². The fourth-order valence-electron chi connectivity index (χ4n) is 3.48. The van der Waals surface area contributed by atoms with Crippen LogP contribution in [0.25, 0.3) is 22.4 Å². The number of halogens is 1. The van der Waals surface area contributed by atoms with Crippen molar-refractivity contribution in [3.8, 4) is 11.3 Å². The number of hydrogen-bond donors (Lipinski definition) is 2. The minimum absolute atomic E-state index is 0.217. The van der Waals surface area contributed by atoms with Gasteiger partial charge in [0.05, 0.1) is 39.5 Å². The Morgan fingerprint density at radius 3 is 2.50 bits per heavy atom. The van der Waals surface area contributed by atoms with Gasteiger partial charge in [-0.2, -0.15) is 0 Å². The van der Waals surface area contributed by atoms with Gasteiger partial charge < -0.3 is 19.9 Å². The number of nitrogens with zero attached hydrogens (tertiary/aromatic N) is 2. The van der Waals surface area contributed by atoms with Crippen LogP contribution in [0.15, 0.2) is 53.1 Å². The van der Waals surface area contributed by atoms with Crippen LogP contribution in [0.2, 0.25) is 5.02 Å². The molecule has 0 saturated carbocycles. The lowest BCUT2D eigenvalue weighted by Gasteiger charge is -2.11. The molecule has 2 aromatic carbocycles. The molecule has 0 saturated heterocycles. The van der Waals surface area contributed by atoms with Gasteiger partial charge in [0.15, 0.2) is 0 Å². The third kappa shape index (κ3) is 4.93. The van der Waals surface area contributed by atoms with Gasteiger partial charge in [0.2, 0.25) is 0 Å². The second-order valence-electron chi connectivity index (χ2n) is 7.77. The Balaban J connectivity index is 1.63. The van der Waals surface area contributed by atoms with Crippen molar-refractivity contribution >= 4 is 40.2 Å². The highest BCUT2D eigenvalue weighted by atomic mass is 35.5. The molecule has 4 aromatic rings. The molecule has 4 rings (SSSR count). The minimum Gasteiger partial charge on any atom is -0.383 e. The summed E-state index contributed by atoms with van der Waals surface area (Å²) in [6.45, 7) is 4.51. The summed E-state index contributed by atoms with van der Waals surface area (Å²) in [6, 6.07) is 14.2. The quantitative estimate of drug-likeness (QED) is 0.370. The fourth-order valence-corrected chi connectivity index (χ4v) is 3.75. The van der Waals surface area contributed by atoms with Crippen LogP contribution in [0.1, 0.15) is 32.0 Å². The van der Waals surface area contributed by atoms with Crippen LogP contribution in [0.4, 0.5) is 5.69 Å². The largest absolute Gasteiger partial charge is 0.383 e. The predicted molar refractivity (Wildman–Crippen MR) is 130 cm³/mol. The lowest BCUT2D eigenvalue weighted by molar-refractivity contribution is 0.0936. The van der Waals surface area contributed by atoms with E-state index >= 15 is 0 Å². The molecule has 174 valence electrons. The van der Waals surface area contributed by atoms with Crippen molar-refractivity contribution < 1.29 is 18.8 Å². The number of anilines is 1. The van der Waals surface area contributed by atoms with Crippen molar-refractivity contribution in [3.05, 3.63) is 75.9 Å². The first-order valence-corrected chi connectivity index (χ1v) is 11.0. The summed E-state index contributed by atoms with van der Waals surface area (Å²) < 4.78 is 10.3. The molecule has 0 aliphatic carbocycles. The first-order valence-electron chi connectivity index (χ1n) is 10.6. The van der Waals surface area contributed by atoms with Crippen molar-refractivity contribution in [1.29, 1.82) is 0 Å². The summed E-state index contributed by atoms with van der Waals surface area (Å²) in [5.41, 5.74) is 4.52. The molecule has 8 nitrogen and oxygen atoms in total. The zero-order valence-electron chi connectivity index (χ0n) is 18.9. The van der Waals surface area contributed by atoms with E-state index in [9.17, 15) is 9.59 Å². The molecule has 2 aromatic heterocycles. The molecule has 0 aliphatic rings. The molecular weight excluding hydrogens is 456 g/mol. The Kier molecular flexibility index (Phi) is 6.90. The van der Waals surface area contributed by atoms with Crippen LogP contribution >= 0.6 is 11.6 Å². The average molecular weight is 479 g/mol. The Morgan fingerprint density at radius 1 is 1.03 bits per heavy atom. The molecule has 0 unspecified atom stereocenters. The van der Waals surface area contributed by atoms with E-state index in [1.165, 1.54) is 6.07 Å². The zero-order chi connectivity index (χ0) is 24.2. The number of aryl methyl sites for hydroxylation is 2. The number of benzene rings is 2. The van der Waals surface area contributed by atoms with Crippen molar-refractivity contribution in [2.24, 2.45) is 0 Å². The van der Waals surface area contributed by atoms with Gasteiger partial charge in [-0.3, -0.25) is 9.59 Å². The van der Waals surface area contributed by atoms with Gasteiger partial charge in [-0.15, -0.1) is 0 Å². The summed E-state index contributed by atoms with van der Waals surface area (Å²) in [4.78, 5) is 30.1. The summed E-state index contributed by atoms with van der Waals surface area (Å²) in [5, 5.41) is 10.3. The van der Waals surface area contributed by atoms with Crippen molar-refractivity contribution in [2.75, 3.05) is 25.6 Å². The minimum atomic E-state index is -0.375. The lowest BCUT2D eigenvalue weighted by atomic mass is 10.0. The molecular formula is C25H23ClN4O4. The SMILES string of the molecule is COCCNC(=O)c1ccc(NC(=O)c2cc(-c3ccc(C)cc3)nc3onc(C)c23)cc1Cl. The summed E-state index contributed by atoms with van der Waals surface area (Å²) in [6.07, 6.45) is 0. The van der Waals surface area contributed by atoms with E-state index in [4.69, 9.17) is 20.9 Å². The van der Waals surface area contributed by atoms with Crippen molar-refractivity contribution in [3.63, 3.8) is 0 Å². The van der Waals surface area contributed by atoms with E-state index in [1.54, 1.807) is 32.2 Å². The number of carbonyl (C=O) groups is 2. The van der Waals surface area contributed by atoms with Crippen LogP contribution in [-0.4, -0.2) is 42.2 Å². The van der Waals surface area contributed by atoms with Crippen LogP contribution in [0.3, 0.4) is 0 Å². The van der Waals surface area contributed by atoms with E-state index < -0.39 is 0 Å². The number of aromatic nitrogens is 2. The first-order chi connectivity index (χ1) is 16.4. The van der Waals surface area contributed by atoms with Crippen LogP contribution in [-0.2, 0) is 4.74 Å². The van der Waals surface area contributed by atoms with Crippen LogP contribution in [0.5, 0.6) is 0 Å². The molecule has 2 heterocycles.